The van der Waals surface area contributed by atoms with E-state index in [1.165, 1.54) is 6.33 Å². The summed E-state index contributed by atoms with van der Waals surface area (Å²) in [6.45, 7) is 1.90. The normalized spacial score (nSPS) is 10.6. The summed E-state index contributed by atoms with van der Waals surface area (Å²) in [5.41, 5.74) is 3.74. The van der Waals surface area contributed by atoms with Crippen molar-refractivity contribution < 1.29 is 4.79 Å². The van der Waals surface area contributed by atoms with E-state index in [-0.39, 0.29) is 6.03 Å². The molecular weight excluding hydrogens is 421 g/mol. The summed E-state index contributed by atoms with van der Waals surface area (Å²) in [7, 11) is 0. The molecule has 1 aromatic heterocycles. The molecule has 4 rings (SSSR count). The van der Waals surface area contributed by atoms with Crippen LogP contribution in [0.5, 0.6) is 0 Å². The van der Waals surface area contributed by atoms with Crippen molar-refractivity contribution in [1.29, 1.82) is 0 Å². The number of aromatic nitrogens is 2. The second-order valence-electron chi connectivity index (χ2n) is 6.63. The van der Waals surface area contributed by atoms with Crippen LogP contribution in [-0.2, 0) is 0 Å². The van der Waals surface area contributed by atoms with Crippen LogP contribution in [0.15, 0.2) is 67.0 Å². The maximum Gasteiger partial charge on any atom is 0.323 e. The van der Waals surface area contributed by atoms with E-state index in [4.69, 9.17) is 23.2 Å². The highest BCUT2D eigenvalue weighted by molar-refractivity contribution is 6.31. The molecule has 0 saturated carbocycles. The lowest BCUT2D eigenvalue weighted by molar-refractivity contribution is 0.262. The fourth-order valence-corrected chi connectivity index (χ4v) is 3.17. The first kappa shape index (κ1) is 19.9. The third-order valence-corrected chi connectivity index (χ3v) is 5.09. The predicted octanol–water partition coefficient (Wildman–Crippen LogP) is 6.63. The smallest absolute Gasteiger partial charge is 0.323 e. The van der Waals surface area contributed by atoms with E-state index in [0.717, 1.165) is 22.2 Å². The minimum Gasteiger partial charge on any atom is -0.340 e. The molecule has 0 aliphatic heterocycles. The van der Waals surface area contributed by atoms with Gasteiger partial charge in [0.2, 0.25) is 0 Å². The van der Waals surface area contributed by atoms with E-state index >= 15 is 0 Å². The number of nitrogens with one attached hydrogen (secondary N) is 3. The maximum atomic E-state index is 12.4. The molecule has 0 saturated heterocycles. The lowest BCUT2D eigenvalue weighted by Gasteiger charge is -2.11. The second kappa shape index (κ2) is 8.57. The first-order valence-electron chi connectivity index (χ1n) is 9.09. The summed E-state index contributed by atoms with van der Waals surface area (Å²) < 4.78 is 0. The molecule has 0 atom stereocenters. The topological polar surface area (TPSA) is 78.9 Å². The quantitative estimate of drug-likeness (QED) is 0.334. The standard InChI is InChI=1S/C22H17Cl2N5O/c1-13-2-5-17(11-19(13)24)29-22(30)28-16-8-9-20-18(10-16)21(26-12-25-20)27-15-6-3-14(23)4-7-15/h2-12H,1H3,(H,25,26,27)(H2,28,29,30). The predicted molar refractivity (Wildman–Crippen MR) is 123 cm³/mol. The van der Waals surface area contributed by atoms with Crippen LogP contribution in [-0.4, -0.2) is 16.0 Å². The molecule has 0 aliphatic rings. The van der Waals surface area contributed by atoms with E-state index < -0.39 is 0 Å². The number of fused-ring (bicyclic) bond motifs is 1. The van der Waals surface area contributed by atoms with Crippen molar-refractivity contribution in [3.8, 4) is 0 Å². The molecule has 0 radical (unpaired) electrons. The molecule has 6 nitrogen and oxygen atoms in total. The highest BCUT2D eigenvalue weighted by Gasteiger charge is 2.09. The largest absolute Gasteiger partial charge is 0.340 e. The van der Waals surface area contributed by atoms with Crippen LogP contribution in [0.25, 0.3) is 10.9 Å². The van der Waals surface area contributed by atoms with Gasteiger partial charge in [0, 0.05) is 32.5 Å². The molecule has 0 spiro atoms. The molecule has 2 amide bonds. The Labute approximate surface area is 183 Å². The Morgan fingerprint density at radius 2 is 1.50 bits per heavy atom. The minimum absolute atomic E-state index is 0.377. The third kappa shape index (κ3) is 4.62. The Morgan fingerprint density at radius 3 is 2.23 bits per heavy atom. The molecule has 3 aromatic carbocycles. The summed E-state index contributed by atoms with van der Waals surface area (Å²) in [6, 6.07) is 17.7. The monoisotopic (exact) mass is 437 g/mol. The average molecular weight is 438 g/mol. The van der Waals surface area contributed by atoms with E-state index in [0.29, 0.717) is 27.2 Å². The van der Waals surface area contributed by atoms with Gasteiger partial charge in [-0.15, -0.1) is 0 Å². The van der Waals surface area contributed by atoms with Gasteiger partial charge in [0.25, 0.3) is 0 Å². The Morgan fingerprint density at radius 1 is 0.833 bits per heavy atom. The van der Waals surface area contributed by atoms with E-state index in [9.17, 15) is 4.79 Å². The second-order valence-corrected chi connectivity index (χ2v) is 7.47. The molecule has 0 aliphatic carbocycles. The number of nitrogens with zero attached hydrogens (tertiary/aromatic N) is 2. The van der Waals surface area contributed by atoms with Crippen LogP contribution in [0.2, 0.25) is 10.0 Å². The molecule has 3 N–H and O–H groups in total. The van der Waals surface area contributed by atoms with Gasteiger partial charge >= 0.3 is 6.03 Å². The van der Waals surface area contributed by atoms with Gasteiger partial charge in [-0.3, -0.25) is 0 Å². The van der Waals surface area contributed by atoms with Crippen molar-refractivity contribution >= 4 is 63.0 Å². The Hall–Kier alpha value is -3.35. The van der Waals surface area contributed by atoms with Crippen LogP contribution in [0, 0.1) is 6.92 Å². The van der Waals surface area contributed by atoms with Crippen molar-refractivity contribution in [2.75, 3.05) is 16.0 Å². The van der Waals surface area contributed by atoms with Gasteiger partial charge < -0.3 is 16.0 Å². The molecule has 0 unspecified atom stereocenters. The zero-order chi connectivity index (χ0) is 21.1. The zero-order valence-corrected chi connectivity index (χ0v) is 17.4. The fourth-order valence-electron chi connectivity index (χ4n) is 2.87. The van der Waals surface area contributed by atoms with Gasteiger partial charge in [0.05, 0.1) is 5.52 Å². The van der Waals surface area contributed by atoms with Crippen molar-refractivity contribution in [2.45, 2.75) is 6.92 Å². The Kier molecular flexibility index (Phi) is 5.70. The van der Waals surface area contributed by atoms with Crippen LogP contribution in [0.1, 0.15) is 5.56 Å². The zero-order valence-electron chi connectivity index (χ0n) is 15.9. The number of anilines is 4. The Balaban J connectivity index is 1.55. The number of aryl methyl sites for hydroxylation is 1. The summed E-state index contributed by atoms with van der Waals surface area (Å²) in [4.78, 5) is 21.0. The van der Waals surface area contributed by atoms with E-state index in [1.54, 1.807) is 30.3 Å². The van der Waals surface area contributed by atoms with Crippen molar-refractivity contribution in [3.63, 3.8) is 0 Å². The number of hydrogen-bond donors (Lipinski definition) is 3. The SMILES string of the molecule is Cc1ccc(NC(=O)Nc2ccc3ncnc(Nc4ccc(Cl)cc4)c3c2)cc1Cl. The third-order valence-electron chi connectivity index (χ3n) is 4.43. The van der Waals surface area contributed by atoms with Crippen LogP contribution in [0.3, 0.4) is 0 Å². The molecular formula is C22H17Cl2N5O. The fraction of sp³-hybridized carbons (Fsp3) is 0.0455. The number of carbonyl (C=O) groups excluding carboxylic acids is 1. The van der Waals surface area contributed by atoms with Crippen molar-refractivity contribution in [2.24, 2.45) is 0 Å². The molecule has 1 heterocycles. The molecule has 4 aromatic rings. The van der Waals surface area contributed by atoms with Gasteiger partial charge in [-0.25, -0.2) is 14.8 Å². The van der Waals surface area contributed by atoms with E-state index in [1.807, 2.05) is 37.3 Å². The number of hydrogen-bond acceptors (Lipinski definition) is 4. The van der Waals surface area contributed by atoms with Crippen LogP contribution < -0.4 is 16.0 Å². The lowest BCUT2D eigenvalue weighted by atomic mass is 10.2. The molecule has 30 heavy (non-hydrogen) atoms. The van der Waals surface area contributed by atoms with Gasteiger partial charge in [0.1, 0.15) is 12.1 Å². The van der Waals surface area contributed by atoms with Gasteiger partial charge in [-0.2, -0.15) is 0 Å². The Bertz CT molecular complexity index is 1230. The number of halogens is 2. The number of benzene rings is 3. The van der Waals surface area contributed by atoms with Crippen molar-refractivity contribution in [1.82, 2.24) is 9.97 Å². The molecule has 0 fully saturated rings. The number of carbonyl (C=O) groups is 1. The molecule has 0 bridgehead atoms. The van der Waals surface area contributed by atoms with Crippen molar-refractivity contribution in [3.05, 3.63) is 82.6 Å². The van der Waals surface area contributed by atoms with Crippen LogP contribution in [0.4, 0.5) is 27.7 Å². The highest BCUT2D eigenvalue weighted by Crippen LogP contribution is 2.27. The first-order chi connectivity index (χ1) is 14.5. The highest BCUT2D eigenvalue weighted by atomic mass is 35.5. The summed E-state index contributed by atoms with van der Waals surface area (Å²) in [5.74, 6) is 0.622. The number of urea groups is 1. The lowest BCUT2D eigenvalue weighted by Crippen LogP contribution is -2.19. The summed E-state index contributed by atoms with van der Waals surface area (Å²) >= 11 is 12.1. The molecule has 150 valence electrons. The number of rotatable bonds is 4. The summed E-state index contributed by atoms with van der Waals surface area (Å²) in [5, 5.41) is 10.9. The van der Waals surface area contributed by atoms with Gasteiger partial charge in [-0.05, 0) is 67.1 Å². The minimum atomic E-state index is -0.377. The van der Waals surface area contributed by atoms with E-state index in [2.05, 4.69) is 25.9 Å². The van der Waals surface area contributed by atoms with Gasteiger partial charge in [-0.1, -0.05) is 29.3 Å². The maximum absolute atomic E-state index is 12.4. The average Bonchev–Trinajstić information content (AvgIpc) is 2.73. The van der Waals surface area contributed by atoms with Gasteiger partial charge in [0.15, 0.2) is 0 Å². The summed E-state index contributed by atoms with van der Waals surface area (Å²) in [6.07, 6.45) is 1.49. The van der Waals surface area contributed by atoms with Crippen LogP contribution >= 0.6 is 23.2 Å². The number of amides is 2. The first-order valence-corrected chi connectivity index (χ1v) is 9.85. The molecule has 8 heteroatoms.